The van der Waals surface area contributed by atoms with Crippen molar-refractivity contribution in [1.82, 2.24) is 5.32 Å². The van der Waals surface area contributed by atoms with Gasteiger partial charge in [0.15, 0.2) is 5.78 Å². The second-order valence-electron chi connectivity index (χ2n) is 7.92. The van der Waals surface area contributed by atoms with E-state index in [-0.39, 0.29) is 17.6 Å². The topological polar surface area (TPSA) is 38.3 Å². The molecule has 0 aromatic carbocycles. The highest BCUT2D eigenvalue weighted by Crippen LogP contribution is 2.45. The summed E-state index contributed by atoms with van der Waals surface area (Å²) in [5, 5.41) is 3.73. The summed E-state index contributed by atoms with van der Waals surface area (Å²) >= 11 is 0. The predicted molar refractivity (Wildman–Crippen MR) is 82.2 cm³/mol. The zero-order chi connectivity index (χ0) is 14.3. The van der Waals surface area contributed by atoms with Crippen molar-refractivity contribution >= 4 is 5.78 Å². The minimum Gasteiger partial charge on any atom is -0.375 e. The van der Waals surface area contributed by atoms with E-state index in [1.807, 2.05) is 0 Å². The minimum absolute atomic E-state index is 0.0978. The highest BCUT2D eigenvalue weighted by atomic mass is 16.5. The van der Waals surface area contributed by atoms with Crippen LogP contribution in [0.4, 0.5) is 0 Å². The average molecular weight is 291 g/mol. The third-order valence-corrected chi connectivity index (χ3v) is 6.65. The molecule has 4 fully saturated rings. The van der Waals surface area contributed by atoms with Gasteiger partial charge in [0.25, 0.3) is 0 Å². The van der Waals surface area contributed by atoms with Crippen LogP contribution < -0.4 is 5.32 Å². The molecule has 4 atom stereocenters. The van der Waals surface area contributed by atoms with Crippen molar-refractivity contribution in [3.63, 3.8) is 0 Å². The first-order chi connectivity index (χ1) is 10.3. The molecule has 2 aliphatic heterocycles. The van der Waals surface area contributed by atoms with Crippen LogP contribution in [0, 0.1) is 11.8 Å². The minimum atomic E-state index is 0.0978. The van der Waals surface area contributed by atoms with Crippen LogP contribution in [0.2, 0.25) is 0 Å². The van der Waals surface area contributed by atoms with Gasteiger partial charge in [-0.25, -0.2) is 0 Å². The Morgan fingerprint density at radius 2 is 1.86 bits per heavy atom. The molecule has 2 saturated carbocycles. The Balaban J connectivity index is 1.38. The molecule has 3 nitrogen and oxygen atoms in total. The Hall–Kier alpha value is -0.410. The first-order valence-electron chi connectivity index (χ1n) is 9.20. The number of hydrogen-bond acceptors (Lipinski definition) is 3. The first-order valence-corrected chi connectivity index (χ1v) is 9.20. The van der Waals surface area contributed by atoms with Crippen molar-refractivity contribution in [2.75, 3.05) is 6.61 Å². The van der Waals surface area contributed by atoms with Gasteiger partial charge in [-0.15, -0.1) is 0 Å². The molecule has 0 bridgehead atoms. The van der Waals surface area contributed by atoms with Crippen LogP contribution in [0.3, 0.4) is 0 Å². The van der Waals surface area contributed by atoms with Crippen molar-refractivity contribution in [3.8, 4) is 0 Å². The quantitative estimate of drug-likeness (QED) is 0.849. The third kappa shape index (κ3) is 2.68. The number of ketones is 1. The number of fused-ring (bicyclic) bond motifs is 1. The summed E-state index contributed by atoms with van der Waals surface area (Å²) < 4.78 is 5.98. The summed E-state index contributed by atoms with van der Waals surface area (Å²) in [7, 11) is 0. The standard InChI is InChI=1S/C18H29NO2/c20-17(14-8-11-21-18(12-14)9-3-10-18)16-7-6-13-4-1-2-5-15(13)19-16/h13-16,19H,1-12H2. The summed E-state index contributed by atoms with van der Waals surface area (Å²) in [4.78, 5) is 12.9. The van der Waals surface area contributed by atoms with Crippen molar-refractivity contribution in [2.45, 2.75) is 88.3 Å². The summed E-state index contributed by atoms with van der Waals surface area (Å²) in [6.07, 6.45) is 13.3. The molecule has 1 N–H and O–H groups in total. The molecule has 3 heteroatoms. The molecule has 1 spiro atoms. The highest BCUT2D eigenvalue weighted by molar-refractivity contribution is 5.86. The normalized spacial score (nSPS) is 42.1. The molecule has 118 valence electrons. The molecule has 0 radical (unpaired) electrons. The molecule has 21 heavy (non-hydrogen) atoms. The van der Waals surface area contributed by atoms with Gasteiger partial charge in [-0.1, -0.05) is 12.8 Å². The van der Waals surface area contributed by atoms with Gasteiger partial charge in [0.1, 0.15) is 0 Å². The lowest BCUT2D eigenvalue weighted by atomic mass is 9.69. The number of nitrogens with one attached hydrogen (secondary N) is 1. The fraction of sp³-hybridized carbons (Fsp3) is 0.944. The molecule has 0 aromatic heterocycles. The number of rotatable bonds is 2. The van der Waals surface area contributed by atoms with Crippen LogP contribution in [0.5, 0.6) is 0 Å². The molecule has 2 saturated heterocycles. The average Bonchev–Trinajstić information content (AvgIpc) is 2.52. The molecular formula is C18H29NO2. The Kier molecular flexibility index (Phi) is 3.83. The molecule has 4 unspecified atom stereocenters. The SMILES string of the molecule is O=C(C1CCOC2(CCC2)C1)C1CCC2CCCCC2N1. The van der Waals surface area contributed by atoms with Crippen LogP contribution >= 0.6 is 0 Å². The van der Waals surface area contributed by atoms with Crippen LogP contribution in [0.1, 0.15) is 70.6 Å². The van der Waals surface area contributed by atoms with Crippen molar-refractivity contribution in [3.05, 3.63) is 0 Å². The third-order valence-electron chi connectivity index (χ3n) is 6.65. The lowest BCUT2D eigenvalue weighted by molar-refractivity contribution is -0.157. The van der Waals surface area contributed by atoms with E-state index in [9.17, 15) is 4.79 Å². The molecule has 0 amide bonds. The van der Waals surface area contributed by atoms with Gasteiger partial charge < -0.3 is 10.1 Å². The Morgan fingerprint density at radius 1 is 1.00 bits per heavy atom. The number of hydrogen-bond donors (Lipinski definition) is 1. The number of piperidine rings is 1. The van der Waals surface area contributed by atoms with E-state index in [2.05, 4.69) is 5.32 Å². The van der Waals surface area contributed by atoms with Crippen LogP contribution in [0.15, 0.2) is 0 Å². The fourth-order valence-corrected chi connectivity index (χ4v) is 5.19. The van der Waals surface area contributed by atoms with E-state index in [1.54, 1.807) is 0 Å². The maximum atomic E-state index is 12.9. The Morgan fingerprint density at radius 3 is 2.67 bits per heavy atom. The van der Waals surface area contributed by atoms with Crippen LogP contribution in [-0.4, -0.2) is 30.1 Å². The lowest BCUT2D eigenvalue weighted by Gasteiger charge is -2.48. The highest BCUT2D eigenvalue weighted by Gasteiger charge is 2.46. The second kappa shape index (κ2) is 5.66. The number of carbonyl (C=O) groups is 1. The summed E-state index contributed by atoms with van der Waals surface area (Å²) in [6.45, 7) is 0.801. The van der Waals surface area contributed by atoms with Crippen LogP contribution in [0.25, 0.3) is 0 Å². The zero-order valence-electron chi connectivity index (χ0n) is 13.1. The Bertz CT molecular complexity index is 404. The summed E-state index contributed by atoms with van der Waals surface area (Å²) in [6, 6.07) is 0.767. The van der Waals surface area contributed by atoms with Crippen molar-refractivity contribution in [1.29, 1.82) is 0 Å². The fourth-order valence-electron chi connectivity index (χ4n) is 5.19. The van der Waals surface area contributed by atoms with Gasteiger partial charge in [-0.2, -0.15) is 0 Å². The number of ether oxygens (including phenoxy) is 1. The van der Waals surface area contributed by atoms with Gasteiger partial charge in [0.05, 0.1) is 11.6 Å². The van der Waals surface area contributed by atoms with Crippen molar-refractivity contribution < 1.29 is 9.53 Å². The van der Waals surface area contributed by atoms with Gasteiger partial charge in [0.2, 0.25) is 0 Å². The van der Waals surface area contributed by atoms with Gasteiger partial charge >= 0.3 is 0 Å². The molecule has 2 aliphatic carbocycles. The smallest absolute Gasteiger partial charge is 0.153 e. The molecular weight excluding hydrogens is 262 g/mol. The summed E-state index contributed by atoms with van der Waals surface area (Å²) in [5.41, 5.74) is 0.0978. The maximum Gasteiger partial charge on any atom is 0.153 e. The molecule has 4 aliphatic rings. The zero-order valence-corrected chi connectivity index (χ0v) is 13.1. The number of carbonyl (C=O) groups excluding carboxylic acids is 1. The van der Waals surface area contributed by atoms with Crippen molar-refractivity contribution in [2.24, 2.45) is 11.8 Å². The van der Waals surface area contributed by atoms with E-state index in [0.29, 0.717) is 11.8 Å². The second-order valence-corrected chi connectivity index (χ2v) is 7.92. The van der Waals surface area contributed by atoms with Gasteiger partial charge in [-0.3, -0.25) is 4.79 Å². The molecule has 4 rings (SSSR count). The predicted octanol–water partition coefficient (Wildman–Crippen LogP) is 3.22. The monoisotopic (exact) mass is 291 g/mol. The first kappa shape index (κ1) is 14.2. The van der Waals surface area contributed by atoms with E-state index >= 15 is 0 Å². The van der Waals surface area contributed by atoms with Gasteiger partial charge in [0, 0.05) is 18.6 Å². The van der Waals surface area contributed by atoms with E-state index in [0.717, 1.165) is 31.8 Å². The van der Waals surface area contributed by atoms with E-state index in [4.69, 9.17) is 4.74 Å². The molecule has 2 heterocycles. The summed E-state index contributed by atoms with van der Waals surface area (Å²) in [5.74, 6) is 1.61. The van der Waals surface area contributed by atoms with E-state index in [1.165, 1.54) is 51.4 Å². The van der Waals surface area contributed by atoms with E-state index < -0.39 is 0 Å². The largest absolute Gasteiger partial charge is 0.375 e. The maximum absolute atomic E-state index is 12.9. The lowest BCUT2D eigenvalue weighted by Crippen LogP contribution is -2.55. The Labute approximate surface area is 128 Å². The molecule has 0 aromatic rings. The van der Waals surface area contributed by atoms with Gasteiger partial charge in [-0.05, 0) is 63.7 Å². The van der Waals surface area contributed by atoms with Crippen LogP contribution in [-0.2, 0) is 9.53 Å². The number of Topliss-reactive ketones (excluding diaryl/α,β-unsaturated/α-hetero) is 1.